The number of nitrogens with one attached hydrogen (secondary N) is 1. The molecule has 84 valence electrons. The van der Waals surface area contributed by atoms with Crippen LogP contribution < -0.4 is 11.1 Å². The number of anilines is 2. The zero-order chi connectivity index (χ0) is 11.4. The van der Waals surface area contributed by atoms with Crippen molar-refractivity contribution < 1.29 is 13.9 Å². The Balaban J connectivity index is 2.80. The lowest BCUT2D eigenvalue weighted by molar-refractivity contribution is 0.244. The average molecular weight is 216 g/mol. The molecule has 3 nitrogen and oxygen atoms in total. The van der Waals surface area contributed by atoms with Crippen molar-refractivity contribution in [1.82, 2.24) is 0 Å². The third-order valence-electron chi connectivity index (χ3n) is 2.07. The van der Waals surface area contributed by atoms with E-state index in [9.17, 15) is 8.78 Å². The van der Waals surface area contributed by atoms with Crippen LogP contribution in [0.3, 0.4) is 0 Å². The number of nitrogens with two attached hydrogens (primary N) is 1. The fourth-order valence-electron chi connectivity index (χ4n) is 1.09. The molecule has 0 saturated heterocycles. The maximum atomic E-state index is 13.2. The smallest absolute Gasteiger partial charge is 0.183 e. The molecule has 4 N–H and O–H groups in total. The Labute approximate surface area is 86.9 Å². The van der Waals surface area contributed by atoms with E-state index in [0.717, 1.165) is 6.07 Å². The monoisotopic (exact) mass is 216 g/mol. The maximum absolute atomic E-state index is 13.2. The van der Waals surface area contributed by atoms with Gasteiger partial charge >= 0.3 is 0 Å². The van der Waals surface area contributed by atoms with Gasteiger partial charge in [-0.05, 0) is 18.1 Å². The minimum atomic E-state index is -0.986. The van der Waals surface area contributed by atoms with E-state index in [0.29, 0.717) is 6.54 Å². The van der Waals surface area contributed by atoms with Crippen LogP contribution in [0.4, 0.5) is 20.2 Å². The van der Waals surface area contributed by atoms with Crippen LogP contribution in [-0.2, 0) is 0 Å². The molecule has 0 radical (unpaired) electrons. The highest BCUT2D eigenvalue weighted by Gasteiger charge is 2.12. The van der Waals surface area contributed by atoms with Crippen molar-refractivity contribution in [3.8, 4) is 0 Å². The van der Waals surface area contributed by atoms with Crippen LogP contribution >= 0.6 is 0 Å². The molecule has 0 fully saturated rings. The third-order valence-corrected chi connectivity index (χ3v) is 2.07. The van der Waals surface area contributed by atoms with Gasteiger partial charge in [0.2, 0.25) is 0 Å². The van der Waals surface area contributed by atoms with Gasteiger partial charge in [-0.3, -0.25) is 0 Å². The first-order valence-corrected chi connectivity index (χ1v) is 4.64. The van der Waals surface area contributed by atoms with E-state index < -0.39 is 11.6 Å². The highest BCUT2D eigenvalue weighted by Crippen LogP contribution is 2.24. The second-order valence-corrected chi connectivity index (χ2v) is 3.49. The minimum absolute atomic E-state index is 0.0240. The molecule has 0 aliphatic carbocycles. The Bertz CT molecular complexity index is 344. The Kier molecular flexibility index (Phi) is 3.85. The maximum Gasteiger partial charge on any atom is 0.183 e. The number of nitrogen functional groups attached to an aromatic ring is 1. The number of aliphatic hydroxyl groups excluding tert-OH is 1. The van der Waals surface area contributed by atoms with Gasteiger partial charge in [-0.15, -0.1) is 0 Å². The molecular weight excluding hydrogens is 202 g/mol. The molecule has 0 heterocycles. The summed E-state index contributed by atoms with van der Waals surface area (Å²) in [7, 11) is 0. The van der Waals surface area contributed by atoms with Crippen molar-refractivity contribution >= 4 is 11.4 Å². The summed E-state index contributed by atoms with van der Waals surface area (Å²) in [6.07, 6.45) is 0. The van der Waals surface area contributed by atoms with Gasteiger partial charge in [0.05, 0.1) is 11.4 Å². The summed E-state index contributed by atoms with van der Waals surface area (Å²) in [6.45, 7) is 2.09. The van der Waals surface area contributed by atoms with Crippen molar-refractivity contribution in [2.75, 3.05) is 24.2 Å². The first kappa shape index (κ1) is 11.7. The molecule has 1 rings (SSSR count). The van der Waals surface area contributed by atoms with Gasteiger partial charge in [0.15, 0.2) is 11.6 Å². The summed E-state index contributed by atoms with van der Waals surface area (Å²) in [5, 5.41) is 11.4. The topological polar surface area (TPSA) is 58.3 Å². The molecule has 1 aromatic carbocycles. The Morgan fingerprint density at radius 1 is 1.47 bits per heavy atom. The summed E-state index contributed by atoms with van der Waals surface area (Å²) in [5.41, 5.74) is 5.59. The van der Waals surface area contributed by atoms with E-state index in [2.05, 4.69) is 5.32 Å². The summed E-state index contributed by atoms with van der Waals surface area (Å²) >= 11 is 0. The van der Waals surface area contributed by atoms with Crippen LogP contribution in [0.25, 0.3) is 0 Å². The number of hydrogen-bond acceptors (Lipinski definition) is 3. The summed E-state index contributed by atoms with van der Waals surface area (Å²) in [4.78, 5) is 0. The lowest BCUT2D eigenvalue weighted by Crippen LogP contribution is -2.16. The van der Waals surface area contributed by atoms with E-state index in [1.165, 1.54) is 6.07 Å². The Morgan fingerprint density at radius 2 is 2.13 bits per heavy atom. The standard InChI is InChI=1S/C10H14F2N2O/c1-6(5-15)4-14-10-8(13)3-2-7(11)9(10)12/h2-3,6,14-15H,4-5,13H2,1H3. The predicted molar refractivity (Wildman–Crippen MR) is 55.5 cm³/mol. The largest absolute Gasteiger partial charge is 0.397 e. The quantitative estimate of drug-likeness (QED) is 0.670. The first-order chi connectivity index (χ1) is 7.06. The number of aliphatic hydroxyl groups is 1. The molecule has 0 aliphatic heterocycles. The minimum Gasteiger partial charge on any atom is -0.397 e. The fourth-order valence-corrected chi connectivity index (χ4v) is 1.09. The SMILES string of the molecule is CC(CO)CNc1c(N)ccc(F)c1F. The normalized spacial score (nSPS) is 12.5. The summed E-state index contributed by atoms with van der Waals surface area (Å²) < 4.78 is 26.1. The van der Waals surface area contributed by atoms with Crippen molar-refractivity contribution in [3.63, 3.8) is 0 Å². The van der Waals surface area contributed by atoms with Crippen LogP contribution in [0, 0.1) is 17.6 Å². The number of rotatable bonds is 4. The molecule has 0 bridgehead atoms. The molecule has 1 unspecified atom stereocenters. The lowest BCUT2D eigenvalue weighted by Gasteiger charge is -2.13. The van der Waals surface area contributed by atoms with Crippen molar-refractivity contribution in [1.29, 1.82) is 0 Å². The van der Waals surface area contributed by atoms with Crippen molar-refractivity contribution in [2.45, 2.75) is 6.92 Å². The molecule has 0 amide bonds. The van der Waals surface area contributed by atoms with Gasteiger partial charge in [-0.25, -0.2) is 8.78 Å². The number of benzene rings is 1. The third kappa shape index (κ3) is 2.79. The van der Waals surface area contributed by atoms with E-state index in [1.807, 2.05) is 0 Å². The second kappa shape index (κ2) is 4.93. The summed E-state index contributed by atoms with van der Waals surface area (Å²) in [6, 6.07) is 2.27. The Hall–Kier alpha value is -1.36. The molecular formula is C10H14F2N2O. The molecule has 5 heteroatoms. The highest BCUT2D eigenvalue weighted by atomic mass is 19.2. The van der Waals surface area contributed by atoms with E-state index in [4.69, 9.17) is 10.8 Å². The Morgan fingerprint density at radius 3 is 2.73 bits per heavy atom. The van der Waals surface area contributed by atoms with Crippen LogP contribution in [0.5, 0.6) is 0 Å². The highest BCUT2D eigenvalue weighted by molar-refractivity contribution is 5.66. The van der Waals surface area contributed by atoms with Crippen LogP contribution in [0.2, 0.25) is 0 Å². The predicted octanol–water partition coefficient (Wildman–Crippen LogP) is 1.59. The molecule has 15 heavy (non-hydrogen) atoms. The molecule has 1 aromatic rings. The van der Waals surface area contributed by atoms with Crippen molar-refractivity contribution in [2.24, 2.45) is 5.92 Å². The summed E-state index contributed by atoms with van der Waals surface area (Å²) in [5.74, 6) is -1.98. The second-order valence-electron chi connectivity index (χ2n) is 3.49. The zero-order valence-electron chi connectivity index (χ0n) is 8.43. The average Bonchev–Trinajstić information content (AvgIpc) is 2.23. The fraction of sp³-hybridized carbons (Fsp3) is 0.400. The van der Waals surface area contributed by atoms with Gasteiger partial charge < -0.3 is 16.2 Å². The van der Waals surface area contributed by atoms with Gasteiger partial charge in [-0.1, -0.05) is 6.92 Å². The van der Waals surface area contributed by atoms with Crippen LogP contribution in [-0.4, -0.2) is 18.3 Å². The van der Waals surface area contributed by atoms with E-state index in [1.54, 1.807) is 6.92 Å². The van der Waals surface area contributed by atoms with Gasteiger partial charge in [0, 0.05) is 13.2 Å². The molecule has 0 saturated carbocycles. The van der Waals surface area contributed by atoms with Gasteiger partial charge in [0.25, 0.3) is 0 Å². The zero-order valence-corrected chi connectivity index (χ0v) is 8.43. The first-order valence-electron chi connectivity index (χ1n) is 4.64. The lowest BCUT2D eigenvalue weighted by atomic mass is 10.2. The molecule has 0 aliphatic rings. The van der Waals surface area contributed by atoms with Gasteiger partial charge in [0.1, 0.15) is 0 Å². The molecule has 0 aromatic heterocycles. The molecule has 0 spiro atoms. The molecule has 1 atom stereocenters. The van der Waals surface area contributed by atoms with E-state index >= 15 is 0 Å². The number of hydrogen-bond donors (Lipinski definition) is 3. The number of halogens is 2. The van der Waals surface area contributed by atoms with E-state index in [-0.39, 0.29) is 23.9 Å². The van der Waals surface area contributed by atoms with Gasteiger partial charge in [-0.2, -0.15) is 0 Å². The van der Waals surface area contributed by atoms with Crippen LogP contribution in [0.15, 0.2) is 12.1 Å². The van der Waals surface area contributed by atoms with Crippen LogP contribution in [0.1, 0.15) is 6.92 Å². The van der Waals surface area contributed by atoms with Crippen molar-refractivity contribution in [3.05, 3.63) is 23.8 Å².